The van der Waals surface area contributed by atoms with Crippen molar-refractivity contribution >= 4 is 36.8 Å². The van der Waals surface area contributed by atoms with E-state index in [1.165, 1.54) is 24.3 Å². The zero-order valence-corrected chi connectivity index (χ0v) is 16.2. The van der Waals surface area contributed by atoms with Gasteiger partial charge in [0.2, 0.25) is 0 Å². The molecular formula is C10H10Cl2KO6P. The van der Waals surface area contributed by atoms with E-state index in [4.69, 9.17) is 32.8 Å². The zero-order valence-electron chi connectivity index (χ0n) is 10.7. The normalized spacial score (nSPS) is 16.2. The standard InChI is InChI=1S/C10H11Cl2O6P.K/c1-6(19(14,15)16)17-10(13)9(12)18-8-4-2-7(11)3-5-8;/h2-6,9H,1H3,(H2,14,15,16);/q;+1/p-1. The molecule has 0 bridgehead atoms. The molecule has 0 spiro atoms. The molecule has 1 aromatic rings. The van der Waals surface area contributed by atoms with Crippen LogP contribution in [0.2, 0.25) is 5.02 Å². The minimum absolute atomic E-state index is 0. The number of halogens is 2. The second kappa shape index (κ2) is 9.10. The Kier molecular flexibility index (Phi) is 9.49. The van der Waals surface area contributed by atoms with Gasteiger partial charge in [0, 0.05) is 5.02 Å². The van der Waals surface area contributed by atoms with Crippen LogP contribution in [0.15, 0.2) is 24.3 Å². The van der Waals surface area contributed by atoms with Gasteiger partial charge >= 0.3 is 57.4 Å². The molecule has 0 heterocycles. The number of alkyl halides is 1. The first kappa shape index (κ1) is 20.9. The van der Waals surface area contributed by atoms with Gasteiger partial charge in [-0.25, -0.2) is 4.79 Å². The van der Waals surface area contributed by atoms with Crippen molar-refractivity contribution in [3.63, 3.8) is 0 Å². The number of esters is 1. The second-order valence-corrected chi connectivity index (χ2v) is 6.18. The molecular weight excluding hydrogens is 357 g/mol. The Morgan fingerprint density at radius 1 is 1.40 bits per heavy atom. The number of carbonyl (C=O) groups is 1. The van der Waals surface area contributed by atoms with Crippen molar-refractivity contribution in [2.24, 2.45) is 0 Å². The molecule has 1 N–H and O–H groups in total. The van der Waals surface area contributed by atoms with Crippen LogP contribution in [-0.2, 0) is 14.1 Å². The molecule has 20 heavy (non-hydrogen) atoms. The van der Waals surface area contributed by atoms with Crippen LogP contribution in [0, 0.1) is 0 Å². The van der Waals surface area contributed by atoms with Gasteiger partial charge in [-0.1, -0.05) is 23.2 Å². The number of hydrogen-bond donors (Lipinski definition) is 1. The van der Waals surface area contributed by atoms with Crippen molar-refractivity contribution in [2.75, 3.05) is 0 Å². The summed E-state index contributed by atoms with van der Waals surface area (Å²) in [5, 5.41) is 0.474. The number of carbonyl (C=O) groups excluding carboxylic acids is 1. The van der Waals surface area contributed by atoms with Gasteiger partial charge in [0.15, 0.2) is 13.4 Å². The van der Waals surface area contributed by atoms with Crippen molar-refractivity contribution in [1.82, 2.24) is 0 Å². The van der Waals surface area contributed by atoms with Crippen LogP contribution in [-0.4, -0.2) is 22.3 Å². The van der Waals surface area contributed by atoms with Gasteiger partial charge in [0.05, 0.1) is 0 Å². The zero-order chi connectivity index (χ0) is 14.6. The fourth-order valence-electron chi connectivity index (χ4n) is 0.969. The molecule has 3 atom stereocenters. The van der Waals surface area contributed by atoms with Gasteiger partial charge in [0.1, 0.15) is 5.75 Å². The van der Waals surface area contributed by atoms with Gasteiger partial charge in [-0.2, -0.15) is 0 Å². The minimum atomic E-state index is -4.76. The summed E-state index contributed by atoms with van der Waals surface area (Å²) in [5.41, 5.74) is -1.55. The fraction of sp³-hybridized carbons (Fsp3) is 0.300. The summed E-state index contributed by atoms with van der Waals surface area (Å²) in [7, 11) is -4.76. The van der Waals surface area contributed by atoms with Crippen molar-refractivity contribution < 1.29 is 80.0 Å². The van der Waals surface area contributed by atoms with E-state index < -0.39 is 25.0 Å². The molecule has 0 aromatic heterocycles. The van der Waals surface area contributed by atoms with Gasteiger partial charge < -0.3 is 23.8 Å². The number of hydrogen-bond acceptors (Lipinski definition) is 5. The molecule has 0 fully saturated rings. The van der Waals surface area contributed by atoms with E-state index >= 15 is 0 Å². The molecule has 3 unspecified atom stereocenters. The van der Waals surface area contributed by atoms with Gasteiger partial charge in [0.25, 0.3) is 5.56 Å². The Balaban J connectivity index is 0.00000361. The van der Waals surface area contributed by atoms with Crippen LogP contribution in [0.3, 0.4) is 0 Å². The van der Waals surface area contributed by atoms with E-state index in [1.54, 1.807) is 0 Å². The van der Waals surface area contributed by atoms with E-state index in [0.29, 0.717) is 5.02 Å². The van der Waals surface area contributed by atoms with Gasteiger partial charge in [-0.05, 0) is 31.2 Å². The third-order valence-electron chi connectivity index (χ3n) is 1.98. The van der Waals surface area contributed by atoms with E-state index in [-0.39, 0.29) is 57.1 Å². The van der Waals surface area contributed by atoms with E-state index in [9.17, 15) is 14.3 Å². The summed E-state index contributed by atoms with van der Waals surface area (Å²) in [6.07, 6.45) is 0. The summed E-state index contributed by atoms with van der Waals surface area (Å²) in [4.78, 5) is 30.7. The Labute approximate surface area is 168 Å². The molecule has 0 radical (unpaired) electrons. The van der Waals surface area contributed by atoms with E-state index in [1.807, 2.05) is 0 Å². The molecule has 0 saturated carbocycles. The third kappa shape index (κ3) is 7.22. The predicted octanol–water partition coefficient (Wildman–Crippen LogP) is -1.28. The third-order valence-corrected chi connectivity index (χ3v) is 3.53. The SMILES string of the molecule is CC(OC(=O)C(Cl)Oc1ccc(Cl)cc1)P(=O)([O-])O.[K+]. The van der Waals surface area contributed by atoms with E-state index in [0.717, 1.165) is 6.92 Å². The molecule has 0 aliphatic carbocycles. The predicted molar refractivity (Wildman–Crippen MR) is 67.1 cm³/mol. The minimum Gasteiger partial charge on any atom is -0.776 e. The van der Waals surface area contributed by atoms with Crippen LogP contribution in [0.1, 0.15) is 6.92 Å². The largest absolute Gasteiger partial charge is 1.00 e. The van der Waals surface area contributed by atoms with Crippen LogP contribution < -0.4 is 61.0 Å². The first-order chi connectivity index (χ1) is 8.70. The average Bonchev–Trinajstić information content (AvgIpc) is 2.30. The summed E-state index contributed by atoms with van der Waals surface area (Å²) < 4.78 is 20.1. The number of ether oxygens (including phenoxy) is 2. The van der Waals surface area contributed by atoms with Crippen LogP contribution in [0.5, 0.6) is 5.75 Å². The Bertz CT molecular complexity index is 491. The van der Waals surface area contributed by atoms with Crippen molar-refractivity contribution in [1.29, 1.82) is 0 Å². The van der Waals surface area contributed by atoms with Gasteiger partial charge in [-0.15, -0.1) is 0 Å². The van der Waals surface area contributed by atoms with Crippen molar-refractivity contribution in [2.45, 2.75) is 18.3 Å². The maximum absolute atomic E-state index is 11.4. The topological polar surface area (TPSA) is 95.9 Å². The summed E-state index contributed by atoms with van der Waals surface area (Å²) in [5.74, 6) is -2.58. The first-order valence-electron chi connectivity index (χ1n) is 5.00. The smallest absolute Gasteiger partial charge is 0.776 e. The summed E-state index contributed by atoms with van der Waals surface area (Å²) in [6, 6.07) is 5.99. The molecule has 6 nitrogen and oxygen atoms in total. The quantitative estimate of drug-likeness (QED) is 0.302. The summed E-state index contributed by atoms with van der Waals surface area (Å²) >= 11 is 11.3. The fourth-order valence-corrected chi connectivity index (χ4v) is 1.49. The Morgan fingerprint density at radius 2 is 1.90 bits per heavy atom. The molecule has 106 valence electrons. The molecule has 0 aliphatic rings. The van der Waals surface area contributed by atoms with Crippen LogP contribution in [0.25, 0.3) is 0 Å². The first-order valence-corrected chi connectivity index (χ1v) is 7.46. The van der Waals surface area contributed by atoms with Crippen molar-refractivity contribution in [3.05, 3.63) is 29.3 Å². The Hall–Kier alpha value is 0.856. The molecule has 0 amide bonds. The number of benzene rings is 1. The second-order valence-electron chi connectivity index (χ2n) is 3.49. The van der Waals surface area contributed by atoms with Gasteiger partial charge in [-0.3, -0.25) is 0 Å². The molecule has 10 heteroatoms. The molecule has 0 saturated heterocycles. The average molecular weight is 367 g/mol. The maximum atomic E-state index is 11.4. The monoisotopic (exact) mass is 366 g/mol. The van der Waals surface area contributed by atoms with E-state index in [2.05, 4.69) is 4.74 Å². The molecule has 1 rings (SSSR count). The molecule has 1 aromatic carbocycles. The van der Waals surface area contributed by atoms with Crippen LogP contribution >= 0.6 is 30.8 Å². The van der Waals surface area contributed by atoms with Crippen LogP contribution in [0.4, 0.5) is 0 Å². The maximum Gasteiger partial charge on any atom is 1.00 e. The molecule has 0 aliphatic heterocycles. The van der Waals surface area contributed by atoms with Crippen molar-refractivity contribution in [3.8, 4) is 5.75 Å². The number of rotatable bonds is 5. The summed E-state index contributed by atoms with van der Waals surface area (Å²) in [6.45, 7) is 0.998. The Morgan fingerprint density at radius 3 is 2.35 bits per heavy atom.